The molecule has 1 fully saturated rings. The molecule has 122 valence electrons. The number of primary amides is 1. The summed E-state index contributed by atoms with van der Waals surface area (Å²) in [6.07, 6.45) is 0.0579. The monoisotopic (exact) mass is 336 g/mol. The third-order valence-electron chi connectivity index (χ3n) is 3.68. The smallest absolute Gasteiger partial charge is 0.247 e. The lowest BCUT2D eigenvalue weighted by atomic mass is 10.2. The summed E-state index contributed by atoms with van der Waals surface area (Å²) >= 11 is 5.86. The molecule has 7 nitrogen and oxygen atoms in total. The minimum atomic E-state index is -0.545. The highest BCUT2D eigenvalue weighted by Crippen LogP contribution is 2.19. The Hall–Kier alpha value is -1.96. The molecular weight excluding hydrogens is 320 g/mol. The fraction of sp³-hybridized carbons (Fsp3) is 0.400. The van der Waals surface area contributed by atoms with Crippen molar-refractivity contribution in [2.45, 2.75) is 12.5 Å². The minimum Gasteiger partial charge on any atom is -0.367 e. The average molecular weight is 337 g/mol. The predicted molar refractivity (Wildman–Crippen MR) is 83.8 cm³/mol. The first-order valence-electron chi connectivity index (χ1n) is 7.33. The van der Waals surface area contributed by atoms with Crippen LogP contribution in [0.15, 0.2) is 28.8 Å². The molecule has 0 saturated carbocycles. The van der Waals surface area contributed by atoms with Crippen LogP contribution in [-0.2, 0) is 16.0 Å². The van der Waals surface area contributed by atoms with Gasteiger partial charge in [0.15, 0.2) is 0 Å². The molecule has 1 aromatic heterocycles. The third kappa shape index (κ3) is 4.07. The van der Waals surface area contributed by atoms with Crippen LogP contribution in [0.1, 0.15) is 5.89 Å². The number of amides is 1. The third-order valence-corrected chi connectivity index (χ3v) is 3.93. The number of carbonyl (C=O) groups is 1. The lowest BCUT2D eigenvalue weighted by Crippen LogP contribution is -2.48. The number of morpholine rings is 1. The molecule has 2 heterocycles. The second-order valence-electron chi connectivity index (χ2n) is 5.33. The first-order chi connectivity index (χ1) is 11.1. The molecule has 8 heteroatoms. The van der Waals surface area contributed by atoms with Gasteiger partial charge in [-0.1, -0.05) is 16.8 Å². The van der Waals surface area contributed by atoms with Gasteiger partial charge in [-0.2, -0.15) is 4.98 Å². The van der Waals surface area contributed by atoms with Gasteiger partial charge in [-0.25, -0.2) is 0 Å². The molecule has 0 unspecified atom stereocenters. The van der Waals surface area contributed by atoms with E-state index in [1.807, 2.05) is 12.1 Å². The Balaban J connectivity index is 1.57. The summed E-state index contributed by atoms with van der Waals surface area (Å²) in [5.41, 5.74) is 6.13. The van der Waals surface area contributed by atoms with Crippen LogP contribution in [0.5, 0.6) is 0 Å². The summed E-state index contributed by atoms with van der Waals surface area (Å²) in [5, 5.41) is 4.64. The average Bonchev–Trinajstić information content (AvgIpc) is 3.03. The molecule has 23 heavy (non-hydrogen) atoms. The zero-order valence-corrected chi connectivity index (χ0v) is 13.2. The fourth-order valence-electron chi connectivity index (χ4n) is 2.40. The second kappa shape index (κ2) is 7.08. The molecule has 1 aliphatic heterocycles. The van der Waals surface area contributed by atoms with Gasteiger partial charge < -0.3 is 15.0 Å². The lowest BCUT2D eigenvalue weighted by Gasteiger charge is -2.30. The predicted octanol–water partition coefficient (Wildman–Crippen LogP) is 1.12. The van der Waals surface area contributed by atoms with Gasteiger partial charge in [0.25, 0.3) is 0 Å². The van der Waals surface area contributed by atoms with Crippen molar-refractivity contribution in [1.82, 2.24) is 15.0 Å². The Kier molecular flexibility index (Phi) is 4.90. The van der Waals surface area contributed by atoms with E-state index in [4.69, 9.17) is 26.6 Å². The van der Waals surface area contributed by atoms with Crippen molar-refractivity contribution in [2.24, 2.45) is 5.73 Å². The van der Waals surface area contributed by atoms with Gasteiger partial charge in [0.2, 0.25) is 17.6 Å². The quantitative estimate of drug-likeness (QED) is 0.879. The first-order valence-corrected chi connectivity index (χ1v) is 7.71. The van der Waals surface area contributed by atoms with E-state index in [-0.39, 0.29) is 0 Å². The number of nitrogens with zero attached hydrogens (tertiary/aromatic N) is 3. The van der Waals surface area contributed by atoms with Crippen molar-refractivity contribution in [2.75, 3.05) is 26.2 Å². The maximum Gasteiger partial charge on any atom is 0.247 e. The van der Waals surface area contributed by atoms with Gasteiger partial charge in [0, 0.05) is 36.6 Å². The van der Waals surface area contributed by atoms with Gasteiger partial charge in [-0.05, 0) is 24.3 Å². The molecule has 0 spiro atoms. The van der Waals surface area contributed by atoms with Crippen LogP contribution in [0.4, 0.5) is 0 Å². The van der Waals surface area contributed by atoms with Gasteiger partial charge in [-0.3, -0.25) is 9.69 Å². The Morgan fingerprint density at radius 2 is 2.17 bits per heavy atom. The topological polar surface area (TPSA) is 94.5 Å². The highest BCUT2D eigenvalue weighted by Gasteiger charge is 2.24. The van der Waals surface area contributed by atoms with Crippen LogP contribution >= 0.6 is 11.6 Å². The lowest BCUT2D eigenvalue weighted by molar-refractivity contribution is -0.135. The van der Waals surface area contributed by atoms with Crippen LogP contribution in [-0.4, -0.2) is 53.3 Å². The van der Waals surface area contributed by atoms with E-state index in [1.165, 1.54) is 0 Å². The summed E-state index contributed by atoms with van der Waals surface area (Å²) < 4.78 is 10.6. The number of halogens is 1. The van der Waals surface area contributed by atoms with Crippen molar-refractivity contribution in [3.05, 3.63) is 35.2 Å². The molecule has 0 aliphatic carbocycles. The van der Waals surface area contributed by atoms with E-state index in [0.29, 0.717) is 42.9 Å². The molecule has 2 N–H and O–H groups in total. The van der Waals surface area contributed by atoms with Crippen molar-refractivity contribution >= 4 is 17.5 Å². The number of aromatic nitrogens is 2. The van der Waals surface area contributed by atoms with Crippen molar-refractivity contribution in [3.8, 4) is 11.4 Å². The number of carbonyl (C=O) groups excluding carboxylic acids is 1. The molecule has 1 atom stereocenters. The number of rotatable bonds is 5. The summed E-state index contributed by atoms with van der Waals surface area (Å²) in [6.45, 7) is 2.44. The van der Waals surface area contributed by atoms with Crippen molar-refractivity contribution < 1.29 is 14.1 Å². The normalized spacial score (nSPS) is 18.9. The van der Waals surface area contributed by atoms with E-state index >= 15 is 0 Å². The van der Waals surface area contributed by atoms with Crippen LogP contribution in [0, 0.1) is 0 Å². The van der Waals surface area contributed by atoms with E-state index in [2.05, 4.69) is 15.0 Å². The Morgan fingerprint density at radius 1 is 1.39 bits per heavy atom. The molecule has 0 radical (unpaired) electrons. The molecule has 1 amide bonds. The zero-order valence-electron chi connectivity index (χ0n) is 12.4. The Bertz CT molecular complexity index is 674. The van der Waals surface area contributed by atoms with Gasteiger partial charge >= 0.3 is 0 Å². The highest BCUT2D eigenvalue weighted by atomic mass is 35.5. The zero-order chi connectivity index (χ0) is 16.2. The SMILES string of the molecule is NC(=O)[C@H]1CN(CCc2nc(-c3ccc(Cl)cc3)no2)CCO1. The Labute approximate surface area is 138 Å². The van der Waals surface area contributed by atoms with Crippen molar-refractivity contribution in [3.63, 3.8) is 0 Å². The van der Waals surface area contributed by atoms with Gasteiger partial charge in [0.1, 0.15) is 6.10 Å². The summed E-state index contributed by atoms with van der Waals surface area (Å²) in [6, 6.07) is 7.25. The second-order valence-corrected chi connectivity index (χ2v) is 5.77. The number of hydrogen-bond donors (Lipinski definition) is 1. The fourth-order valence-corrected chi connectivity index (χ4v) is 2.53. The van der Waals surface area contributed by atoms with Gasteiger partial charge in [0.05, 0.1) is 6.61 Å². The molecular formula is C15H17ClN4O3. The van der Waals surface area contributed by atoms with E-state index < -0.39 is 12.0 Å². The molecule has 2 aromatic rings. The highest BCUT2D eigenvalue weighted by molar-refractivity contribution is 6.30. The minimum absolute atomic E-state index is 0.433. The number of benzene rings is 1. The van der Waals surface area contributed by atoms with Crippen LogP contribution in [0.2, 0.25) is 5.02 Å². The van der Waals surface area contributed by atoms with E-state index in [0.717, 1.165) is 12.1 Å². The first kappa shape index (κ1) is 15.9. The molecule has 1 saturated heterocycles. The van der Waals surface area contributed by atoms with Gasteiger partial charge in [-0.15, -0.1) is 0 Å². The molecule has 1 aromatic carbocycles. The summed E-state index contributed by atoms with van der Waals surface area (Å²) in [4.78, 5) is 17.7. The number of nitrogens with two attached hydrogens (primary N) is 1. The van der Waals surface area contributed by atoms with E-state index in [9.17, 15) is 4.79 Å². The summed E-state index contributed by atoms with van der Waals surface area (Å²) in [7, 11) is 0. The Morgan fingerprint density at radius 3 is 2.91 bits per heavy atom. The molecule has 3 rings (SSSR count). The largest absolute Gasteiger partial charge is 0.367 e. The van der Waals surface area contributed by atoms with Crippen LogP contribution < -0.4 is 5.73 Å². The maximum absolute atomic E-state index is 11.2. The number of ether oxygens (including phenoxy) is 1. The van der Waals surface area contributed by atoms with Crippen LogP contribution in [0.25, 0.3) is 11.4 Å². The molecule has 0 bridgehead atoms. The summed E-state index contributed by atoms with van der Waals surface area (Å²) in [5.74, 6) is 0.656. The number of hydrogen-bond acceptors (Lipinski definition) is 6. The standard InChI is InChI=1S/C15H17ClN4O3/c16-11-3-1-10(2-4-11)15-18-13(23-19-15)5-6-20-7-8-22-12(9-20)14(17)21/h1-4,12H,5-9H2,(H2,17,21)/t12-/m1/s1. The molecule has 1 aliphatic rings. The maximum atomic E-state index is 11.2. The van der Waals surface area contributed by atoms with Crippen LogP contribution in [0.3, 0.4) is 0 Å². The van der Waals surface area contributed by atoms with E-state index in [1.54, 1.807) is 12.1 Å². The van der Waals surface area contributed by atoms with Crippen molar-refractivity contribution in [1.29, 1.82) is 0 Å².